The van der Waals surface area contributed by atoms with Crippen LogP contribution in [0.1, 0.15) is 111 Å². The van der Waals surface area contributed by atoms with Gasteiger partial charge in [-0.15, -0.1) is 0 Å². The van der Waals surface area contributed by atoms with Gasteiger partial charge in [-0.3, -0.25) is 0 Å². The van der Waals surface area contributed by atoms with Crippen molar-refractivity contribution in [1.29, 1.82) is 0 Å². The van der Waals surface area contributed by atoms with E-state index in [2.05, 4.69) is 27.7 Å². The number of hydrogen-bond acceptors (Lipinski definition) is 0. The Bertz CT molecular complexity index is 159. The van der Waals surface area contributed by atoms with Crippen LogP contribution in [0.3, 0.4) is 0 Å². The van der Waals surface area contributed by atoms with Crippen LogP contribution < -0.4 is 0 Å². The van der Waals surface area contributed by atoms with E-state index >= 15 is 0 Å². The predicted molar refractivity (Wildman–Crippen MR) is 89.7 cm³/mol. The van der Waals surface area contributed by atoms with Gasteiger partial charge in [0.1, 0.15) is 0 Å². The van der Waals surface area contributed by atoms with Gasteiger partial charge in [0.05, 0.1) is 0 Å². The highest BCUT2D eigenvalue weighted by atomic mass is 14.2. The Kier molecular flexibility index (Phi) is 14.4. The lowest BCUT2D eigenvalue weighted by Gasteiger charge is -2.18. The molecule has 0 heteroatoms. The minimum absolute atomic E-state index is 0.883. The molecule has 0 heterocycles. The second-order valence-corrected chi connectivity index (χ2v) is 6.74. The molecule has 0 amide bonds. The molecule has 0 aromatic rings. The monoisotopic (exact) mass is 268 g/mol. The molecule has 0 N–H and O–H groups in total. The van der Waals surface area contributed by atoms with Gasteiger partial charge in [-0.25, -0.2) is 0 Å². The quantitative estimate of drug-likeness (QED) is 0.288. The van der Waals surface area contributed by atoms with E-state index in [-0.39, 0.29) is 0 Å². The first-order chi connectivity index (χ1) is 9.22. The molecule has 19 heavy (non-hydrogen) atoms. The second-order valence-electron chi connectivity index (χ2n) is 6.74. The van der Waals surface area contributed by atoms with E-state index in [0.717, 1.165) is 11.8 Å². The molecule has 1 atom stereocenters. The fourth-order valence-corrected chi connectivity index (χ4v) is 3.08. The highest BCUT2D eigenvalue weighted by Gasteiger charge is 2.09. The van der Waals surface area contributed by atoms with E-state index in [1.54, 1.807) is 0 Å². The fraction of sp³-hybridized carbons (Fsp3) is 1.00. The molecule has 116 valence electrons. The first kappa shape index (κ1) is 19.0. The van der Waals surface area contributed by atoms with Crippen LogP contribution in [0.15, 0.2) is 0 Å². The zero-order chi connectivity index (χ0) is 14.3. The summed E-state index contributed by atoms with van der Waals surface area (Å²) in [6.45, 7) is 9.41. The van der Waals surface area contributed by atoms with Crippen molar-refractivity contribution in [2.45, 2.75) is 111 Å². The zero-order valence-corrected chi connectivity index (χ0v) is 14.3. The molecular formula is C19H40. The van der Waals surface area contributed by atoms with Crippen LogP contribution in [0.4, 0.5) is 0 Å². The van der Waals surface area contributed by atoms with Gasteiger partial charge < -0.3 is 0 Å². The summed E-state index contributed by atoms with van der Waals surface area (Å²) < 4.78 is 0. The van der Waals surface area contributed by atoms with Gasteiger partial charge in [0.2, 0.25) is 0 Å². The molecule has 0 saturated carbocycles. The lowest BCUT2D eigenvalue weighted by molar-refractivity contribution is 0.335. The Morgan fingerprint density at radius 1 is 0.579 bits per heavy atom. The fourth-order valence-electron chi connectivity index (χ4n) is 3.08. The largest absolute Gasteiger partial charge is 0.0654 e. The Hall–Kier alpha value is 0. The van der Waals surface area contributed by atoms with Crippen LogP contribution >= 0.6 is 0 Å². The second kappa shape index (κ2) is 14.4. The van der Waals surface area contributed by atoms with Crippen molar-refractivity contribution >= 4 is 0 Å². The molecule has 0 nitrogen and oxygen atoms in total. The minimum Gasteiger partial charge on any atom is -0.0654 e. The maximum absolute atomic E-state index is 2.38. The highest BCUT2D eigenvalue weighted by molar-refractivity contribution is 4.61. The van der Waals surface area contributed by atoms with Crippen molar-refractivity contribution in [3.8, 4) is 0 Å². The van der Waals surface area contributed by atoms with Gasteiger partial charge in [0.25, 0.3) is 0 Å². The Morgan fingerprint density at radius 3 is 1.37 bits per heavy atom. The lowest BCUT2D eigenvalue weighted by Crippen LogP contribution is -2.06. The SMILES string of the molecule is CCCCCCCCCCCCCC(CC)C(C)C. The lowest BCUT2D eigenvalue weighted by atomic mass is 9.88. The van der Waals surface area contributed by atoms with Crippen LogP contribution in [-0.4, -0.2) is 0 Å². The van der Waals surface area contributed by atoms with Gasteiger partial charge >= 0.3 is 0 Å². The van der Waals surface area contributed by atoms with Crippen LogP contribution in [0.2, 0.25) is 0 Å². The van der Waals surface area contributed by atoms with Gasteiger partial charge in [0, 0.05) is 0 Å². The molecule has 0 aliphatic heterocycles. The van der Waals surface area contributed by atoms with Crippen LogP contribution in [-0.2, 0) is 0 Å². The van der Waals surface area contributed by atoms with Gasteiger partial charge in [-0.05, 0) is 11.8 Å². The summed E-state index contributed by atoms with van der Waals surface area (Å²) in [7, 11) is 0. The van der Waals surface area contributed by atoms with Crippen LogP contribution in [0.5, 0.6) is 0 Å². The molecule has 0 aromatic carbocycles. The first-order valence-corrected chi connectivity index (χ1v) is 9.22. The van der Waals surface area contributed by atoms with Gasteiger partial charge in [-0.1, -0.05) is 111 Å². The maximum atomic E-state index is 2.38. The van der Waals surface area contributed by atoms with E-state index in [0.29, 0.717) is 0 Å². The van der Waals surface area contributed by atoms with Gasteiger partial charge in [-0.2, -0.15) is 0 Å². The van der Waals surface area contributed by atoms with E-state index < -0.39 is 0 Å². The smallest absolute Gasteiger partial charge is 0.0394 e. The summed E-state index contributed by atoms with van der Waals surface area (Å²) in [6.07, 6.45) is 18.9. The molecule has 0 aromatic heterocycles. The molecule has 0 radical (unpaired) electrons. The predicted octanol–water partition coefficient (Wildman–Crippen LogP) is 7.37. The minimum atomic E-state index is 0.883. The molecule has 1 unspecified atom stereocenters. The summed E-state index contributed by atoms with van der Waals surface area (Å²) in [4.78, 5) is 0. The topological polar surface area (TPSA) is 0 Å². The Balaban J connectivity index is 3.14. The molecule has 0 bridgehead atoms. The van der Waals surface area contributed by atoms with E-state index in [1.165, 1.54) is 83.5 Å². The summed E-state index contributed by atoms with van der Waals surface area (Å²) in [5.41, 5.74) is 0. The summed E-state index contributed by atoms with van der Waals surface area (Å²) in [5.74, 6) is 1.85. The molecular weight excluding hydrogens is 228 g/mol. The molecule has 0 saturated heterocycles. The highest BCUT2D eigenvalue weighted by Crippen LogP contribution is 2.22. The third-order valence-corrected chi connectivity index (χ3v) is 4.65. The normalized spacial score (nSPS) is 13.1. The van der Waals surface area contributed by atoms with E-state index in [9.17, 15) is 0 Å². The Labute approximate surface area is 123 Å². The van der Waals surface area contributed by atoms with Crippen LogP contribution in [0.25, 0.3) is 0 Å². The molecule has 0 rings (SSSR count). The van der Waals surface area contributed by atoms with Crippen molar-refractivity contribution in [2.75, 3.05) is 0 Å². The molecule has 0 aliphatic carbocycles. The number of rotatable bonds is 14. The summed E-state index contributed by atoms with van der Waals surface area (Å²) in [5, 5.41) is 0. The third-order valence-electron chi connectivity index (χ3n) is 4.65. The van der Waals surface area contributed by atoms with E-state index in [4.69, 9.17) is 0 Å². The standard InChI is InChI=1S/C19H40/c1-5-7-8-9-10-11-12-13-14-15-16-17-19(6-2)18(3)4/h18-19H,5-17H2,1-4H3. The maximum Gasteiger partial charge on any atom is -0.0394 e. The van der Waals surface area contributed by atoms with Crippen molar-refractivity contribution < 1.29 is 0 Å². The van der Waals surface area contributed by atoms with Crippen molar-refractivity contribution in [3.63, 3.8) is 0 Å². The first-order valence-electron chi connectivity index (χ1n) is 9.22. The average Bonchev–Trinajstić information content (AvgIpc) is 2.40. The van der Waals surface area contributed by atoms with Gasteiger partial charge in [0.15, 0.2) is 0 Å². The third kappa shape index (κ3) is 12.8. The van der Waals surface area contributed by atoms with E-state index in [1.807, 2.05) is 0 Å². The molecule has 0 aliphatic rings. The number of unbranched alkanes of at least 4 members (excludes halogenated alkanes) is 10. The summed E-state index contributed by atoms with van der Waals surface area (Å²) >= 11 is 0. The average molecular weight is 269 g/mol. The zero-order valence-electron chi connectivity index (χ0n) is 14.3. The van der Waals surface area contributed by atoms with Crippen molar-refractivity contribution in [3.05, 3.63) is 0 Å². The molecule has 0 fully saturated rings. The van der Waals surface area contributed by atoms with Crippen molar-refractivity contribution in [1.82, 2.24) is 0 Å². The number of hydrogen-bond donors (Lipinski definition) is 0. The summed E-state index contributed by atoms with van der Waals surface area (Å²) in [6, 6.07) is 0. The van der Waals surface area contributed by atoms with Crippen molar-refractivity contribution in [2.24, 2.45) is 11.8 Å². The molecule has 0 spiro atoms. The van der Waals surface area contributed by atoms with Crippen LogP contribution in [0, 0.1) is 11.8 Å². The Morgan fingerprint density at radius 2 is 1.00 bits per heavy atom.